The van der Waals surface area contributed by atoms with Crippen LogP contribution in [0.25, 0.3) is 10.7 Å². The molecule has 25 heavy (non-hydrogen) atoms. The molecule has 1 amide bonds. The predicted octanol–water partition coefficient (Wildman–Crippen LogP) is 3.16. The summed E-state index contributed by atoms with van der Waals surface area (Å²) in [7, 11) is 0. The molecule has 2 aliphatic rings. The molecule has 1 saturated carbocycles. The average Bonchev–Trinajstić information content (AvgIpc) is 3.30. The molecule has 0 spiro atoms. The number of fused-ring (bicyclic) bond motifs is 1. The molecule has 0 radical (unpaired) electrons. The normalized spacial score (nSPS) is 28.2. The number of aromatic nitrogens is 3. The summed E-state index contributed by atoms with van der Waals surface area (Å²) in [4.78, 5) is 13.9. The first-order chi connectivity index (χ1) is 11.9. The monoisotopic (exact) mass is 378 g/mol. The number of amides is 1. The zero-order chi connectivity index (χ0) is 17.8. The minimum absolute atomic E-state index is 0.0290. The van der Waals surface area contributed by atoms with E-state index in [1.807, 2.05) is 24.4 Å². The van der Waals surface area contributed by atoms with E-state index in [0.717, 1.165) is 17.9 Å². The Balaban J connectivity index is 1.56. The molecule has 0 aromatic carbocycles. The predicted molar refractivity (Wildman–Crippen MR) is 99.0 cm³/mol. The lowest BCUT2D eigenvalue weighted by Crippen LogP contribution is -2.67. The van der Waals surface area contributed by atoms with Gasteiger partial charge in [0.2, 0.25) is 5.91 Å². The van der Waals surface area contributed by atoms with E-state index in [0.29, 0.717) is 16.5 Å². The van der Waals surface area contributed by atoms with Gasteiger partial charge in [-0.05, 0) is 37.0 Å². The van der Waals surface area contributed by atoms with Crippen molar-refractivity contribution in [2.45, 2.75) is 45.4 Å². The lowest BCUT2D eigenvalue weighted by molar-refractivity contribution is -0.140. The molecule has 2 aromatic rings. The number of rotatable bonds is 4. The van der Waals surface area contributed by atoms with Crippen molar-refractivity contribution in [1.82, 2.24) is 20.1 Å². The molecule has 4 rings (SSSR count). The van der Waals surface area contributed by atoms with Crippen LogP contribution in [0.15, 0.2) is 17.5 Å². The maximum Gasteiger partial charge on any atom is 0.243 e. The van der Waals surface area contributed by atoms with Gasteiger partial charge >= 0.3 is 0 Å². The van der Waals surface area contributed by atoms with Crippen molar-refractivity contribution in [3.63, 3.8) is 0 Å². The van der Waals surface area contributed by atoms with E-state index >= 15 is 0 Å². The molecule has 1 aliphatic heterocycles. The fraction of sp³-hybridized carbons (Fsp3) is 0.588. The summed E-state index contributed by atoms with van der Waals surface area (Å²) < 4.78 is 8.07. The quantitative estimate of drug-likeness (QED) is 0.802. The van der Waals surface area contributed by atoms with Crippen LogP contribution in [-0.2, 0) is 9.53 Å². The molecule has 1 saturated heterocycles. The number of H-pyrrole nitrogens is 1. The van der Waals surface area contributed by atoms with Gasteiger partial charge in [-0.2, -0.15) is 5.10 Å². The number of carbonyl (C=O) groups is 1. The van der Waals surface area contributed by atoms with E-state index in [1.54, 1.807) is 15.9 Å². The van der Waals surface area contributed by atoms with Crippen LogP contribution in [-0.4, -0.2) is 39.4 Å². The first kappa shape index (κ1) is 16.9. The van der Waals surface area contributed by atoms with Crippen molar-refractivity contribution < 1.29 is 9.53 Å². The fourth-order valence-corrected chi connectivity index (χ4v) is 5.25. The third-order valence-corrected chi connectivity index (χ3v) is 6.76. The van der Waals surface area contributed by atoms with Crippen LogP contribution >= 0.6 is 23.6 Å². The number of ether oxygens (including phenoxy) is 1. The SMILES string of the molecule is C[C@H](C(=O)N[C@@H]1[C@@H]2CCO[C@@H]2C1(C)C)n1c(-c2cccs2)n[nH]c1=S. The summed E-state index contributed by atoms with van der Waals surface area (Å²) in [6.07, 6.45) is 1.27. The molecule has 0 bridgehead atoms. The van der Waals surface area contributed by atoms with E-state index < -0.39 is 6.04 Å². The molecule has 8 heteroatoms. The highest BCUT2D eigenvalue weighted by Crippen LogP contribution is 2.52. The number of aromatic amines is 1. The van der Waals surface area contributed by atoms with Gasteiger partial charge in [-0.25, -0.2) is 0 Å². The summed E-state index contributed by atoms with van der Waals surface area (Å²) in [6.45, 7) is 6.98. The molecule has 3 heterocycles. The van der Waals surface area contributed by atoms with Gasteiger partial charge in [0, 0.05) is 24.0 Å². The van der Waals surface area contributed by atoms with Gasteiger partial charge < -0.3 is 10.1 Å². The number of carbonyl (C=O) groups excluding carboxylic acids is 1. The van der Waals surface area contributed by atoms with Gasteiger partial charge in [0.05, 0.1) is 11.0 Å². The smallest absolute Gasteiger partial charge is 0.243 e. The minimum Gasteiger partial charge on any atom is -0.377 e. The summed E-state index contributed by atoms with van der Waals surface area (Å²) in [5.74, 6) is 1.09. The summed E-state index contributed by atoms with van der Waals surface area (Å²) in [5.41, 5.74) is -0.0367. The number of thiophene rings is 1. The second-order valence-electron chi connectivity index (χ2n) is 7.43. The van der Waals surface area contributed by atoms with Crippen molar-refractivity contribution in [3.05, 3.63) is 22.3 Å². The molecule has 1 aliphatic carbocycles. The van der Waals surface area contributed by atoms with E-state index in [-0.39, 0.29) is 23.5 Å². The van der Waals surface area contributed by atoms with Gasteiger partial charge in [0.25, 0.3) is 0 Å². The summed E-state index contributed by atoms with van der Waals surface area (Å²) in [5, 5.41) is 12.4. The van der Waals surface area contributed by atoms with Crippen LogP contribution in [0.3, 0.4) is 0 Å². The minimum atomic E-state index is -0.430. The topological polar surface area (TPSA) is 71.9 Å². The van der Waals surface area contributed by atoms with E-state index in [2.05, 4.69) is 29.4 Å². The second kappa shape index (κ2) is 6.03. The van der Waals surface area contributed by atoms with Gasteiger partial charge in [-0.3, -0.25) is 14.5 Å². The second-order valence-corrected chi connectivity index (χ2v) is 8.76. The maximum absolute atomic E-state index is 12.9. The summed E-state index contributed by atoms with van der Waals surface area (Å²) in [6, 6.07) is 3.65. The van der Waals surface area contributed by atoms with Gasteiger partial charge in [-0.1, -0.05) is 19.9 Å². The van der Waals surface area contributed by atoms with Crippen molar-refractivity contribution in [1.29, 1.82) is 0 Å². The van der Waals surface area contributed by atoms with Crippen molar-refractivity contribution in [2.75, 3.05) is 6.61 Å². The number of hydrogen-bond donors (Lipinski definition) is 2. The Kier molecular flexibility index (Phi) is 4.09. The number of hydrogen-bond acceptors (Lipinski definition) is 5. The van der Waals surface area contributed by atoms with Gasteiger partial charge in [0.15, 0.2) is 10.6 Å². The molecule has 0 unspecified atom stereocenters. The lowest BCUT2D eigenvalue weighted by atomic mass is 9.57. The van der Waals surface area contributed by atoms with E-state index in [4.69, 9.17) is 17.0 Å². The average molecular weight is 379 g/mol. The van der Waals surface area contributed by atoms with Crippen molar-refractivity contribution in [3.8, 4) is 10.7 Å². The maximum atomic E-state index is 12.9. The zero-order valence-corrected chi connectivity index (χ0v) is 16.1. The van der Waals surface area contributed by atoms with Crippen LogP contribution < -0.4 is 5.32 Å². The molecule has 4 atom stereocenters. The van der Waals surface area contributed by atoms with Crippen LogP contribution in [0.4, 0.5) is 0 Å². The third-order valence-electron chi connectivity index (χ3n) is 5.61. The van der Waals surface area contributed by atoms with Gasteiger partial charge in [-0.15, -0.1) is 11.3 Å². The number of nitrogens with zero attached hydrogens (tertiary/aromatic N) is 2. The van der Waals surface area contributed by atoms with Crippen LogP contribution in [0.1, 0.15) is 33.2 Å². The first-order valence-electron chi connectivity index (χ1n) is 8.54. The fourth-order valence-electron chi connectivity index (χ4n) is 4.25. The highest BCUT2D eigenvalue weighted by molar-refractivity contribution is 7.71. The molecule has 134 valence electrons. The molecular formula is C17H22N4O2S2. The van der Waals surface area contributed by atoms with Crippen molar-refractivity contribution in [2.24, 2.45) is 11.3 Å². The molecule has 2 fully saturated rings. The van der Waals surface area contributed by atoms with Crippen LogP contribution in [0, 0.1) is 16.1 Å². The Morgan fingerprint density at radius 1 is 1.60 bits per heavy atom. The molecule has 2 aromatic heterocycles. The van der Waals surface area contributed by atoms with Gasteiger partial charge in [0.1, 0.15) is 6.04 Å². The number of nitrogens with one attached hydrogen (secondary N) is 2. The zero-order valence-electron chi connectivity index (χ0n) is 14.5. The Bertz CT molecular complexity index is 839. The van der Waals surface area contributed by atoms with E-state index in [9.17, 15) is 4.79 Å². The Morgan fingerprint density at radius 3 is 3.12 bits per heavy atom. The highest BCUT2D eigenvalue weighted by atomic mass is 32.1. The largest absolute Gasteiger partial charge is 0.377 e. The third kappa shape index (κ3) is 2.58. The standard InChI is InChI=1S/C17H22N4O2S2/c1-9(21-14(19-20-16(21)24)11-5-4-8-25-11)15(22)18-12-10-6-7-23-13(10)17(12,2)3/h4-5,8-10,12-13H,6-7H2,1-3H3,(H,18,22)(H,20,24)/t9-,10+,12-,13+/m1/s1. The highest BCUT2D eigenvalue weighted by Gasteiger charge is 2.59. The Morgan fingerprint density at radius 2 is 2.40 bits per heavy atom. The molecule has 6 nitrogen and oxygen atoms in total. The van der Waals surface area contributed by atoms with Crippen LogP contribution in [0.5, 0.6) is 0 Å². The molecule has 2 N–H and O–H groups in total. The molecular weight excluding hydrogens is 356 g/mol. The first-order valence-corrected chi connectivity index (χ1v) is 9.83. The lowest BCUT2D eigenvalue weighted by Gasteiger charge is -2.54. The van der Waals surface area contributed by atoms with Crippen LogP contribution in [0.2, 0.25) is 0 Å². The van der Waals surface area contributed by atoms with Crippen molar-refractivity contribution >= 4 is 29.5 Å². The Hall–Kier alpha value is -1.51. The Labute approximate surface area is 155 Å². The van der Waals surface area contributed by atoms with E-state index in [1.165, 1.54) is 0 Å². The summed E-state index contributed by atoms with van der Waals surface area (Å²) >= 11 is 6.94.